The summed E-state index contributed by atoms with van der Waals surface area (Å²) in [5, 5.41) is 30.1. The quantitative estimate of drug-likeness (QED) is 0.643. The Balaban J connectivity index is 2.10. The molecule has 0 unspecified atom stereocenters. The topological polar surface area (TPSA) is 107 Å². The fraction of sp³-hybridized carbons (Fsp3) is 0.0667. The number of hydrogen-bond acceptors (Lipinski definition) is 4. The maximum absolute atomic E-state index is 11.9. The molecule has 0 fully saturated rings. The van der Waals surface area contributed by atoms with Gasteiger partial charge in [0, 0.05) is 0 Å². The number of aromatic hydroxyl groups is 2. The summed E-state index contributed by atoms with van der Waals surface area (Å²) >= 11 is 0. The van der Waals surface area contributed by atoms with Crippen molar-refractivity contribution in [3.63, 3.8) is 0 Å². The van der Waals surface area contributed by atoms with Crippen LogP contribution in [-0.4, -0.2) is 27.2 Å². The summed E-state index contributed by atoms with van der Waals surface area (Å²) in [6.07, 6.45) is 0.0387. The van der Waals surface area contributed by atoms with E-state index in [1.165, 1.54) is 30.3 Å². The summed E-state index contributed by atoms with van der Waals surface area (Å²) in [5.41, 5.74) is 0.686. The highest BCUT2D eigenvalue weighted by Crippen LogP contribution is 2.24. The van der Waals surface area contributed by atoms with Crippen molar-refractivity contribution in [1.29, 1.82) is 0 Å². The Morgan fingerprint density at radius 1 is 1.00 bits per heavy atom. The second-order valence-electron chi connectivity index (χ2n) is 4.43. The molecule has 1 amide bonds. The van der Waals surface area contributed by atoms with Gasteiger partial charge in [0.1, 0.15) is 11.5 Å². The van der Waals surface area contributed by atoms with Gasteiger partial charge in [-0.1, -0.05) is 12.1 Å². The molecule has 0 atom stereocenters. The second-order valence-corrected chi connectivity index (χ2v) is 4.43. The molecule has 0 spiro atoms. The number of amides is 1. The van der Waals surface area contributed by atoms with Gasteiger partial charge in [-0.25, -0.2) is 4.79 Å². The van der Waals surface area contributed by atoms with E-state index in [0.717, 1.165) is 0 Å². The number of carbonyl (C=O) groups excluding carboxylic acids is 1. The average Bonchev–Trinajstić information content (AvgIpc) is 2.43. The van der Waals surface area contributed by atoms with Crippen LogP contribution in [0.2, 0.25) is 0 Å². The van der Waals surface area contributed by atoms with E-state index in [1.807, 2.05) is 0 Å². The van der Waals surface area contributed by atoms with Crippen molar-refractivity contribution < 1.29 is 24.9 Å². The Kier molecular flexibility index (Phi) is 4.08. The molecule has 4 N–H and O–H groups in total. The molecule has 21 heavy (non-hydrogen) atoms. The van der Waals surface area contributed by atoms with E-state index in [1.54, 1.807) is 12.1 Å². The molecule has 0 radical (unpaired) electrons. The largest absolute Gasteiger partial charge is 0.508 e. The molecule has 6 heteroatoms. The fourth-order valence-electron chi connectivity index (χ4n) is 1.76. The highest BCUT2D eigenvalue weighted by atomic mass is 16.4. The van der Waals surface area contributed by atoms with Gasteiger partial charge in [0.05, 0.1) is 17.7 Å². The SMILES string of the molecule is O=C(Cc1ccc(O)cc1)Nc1cc(C(=O)O)ccc1O. The molecule has 2 rings (SSSR count). The van der Waals surface area contributed by atoms with Crippen LogP contribution in [0.5, 0.6) is 11.5 Å². The molecule has 0 aromatic heterocycles. The van der Waals surface area contributed by atoms with Gasteiger partial charge >= 0.3 is 5.97 Å². The highest BCUT2D eigenvalue weighted by Gasteiger charge is 2.11. The zero-order valence-electron chi connectivity index (χ0n) is 10.9. The molecule has 108 valence electrons. The predicted molar refractivity (Wildman–Crippen MR) is 75.5 cm³/mol. The van der Waals surface area contributed by atoms with Crippen LogP contribution in [0.4, 0.5) is 5.69 Å². The van der Waals surface area contributed by atoms with Crippen LogP contribution >= 0.6 is 0 Å². The minimum atomic E-state index is -1.15. The number of hydrogen-bond donors (Lipinski definition) is 4. The Morgan fingerprint density at radius 2 is 1.67 bits per heavy atom. The van der Waals surface area contributed by atoms with Gasteiger partial charge in [-0.2, -0.15) is 0 Å². The average molecular weight is 287 g/mol. The monoisotopic (exact) mass is 287 g/mol. The summed E-state index contributed by atoms with van der Waals surface area (Å²) in [5.74, 6) is -1.66. The zero-order valence-corrected chi connectivity index (χ0v) is 10.9. The van der Waals surface area contributed by atoms with Crippen molar-refractivity contribution in [2.24, 2.45) is 0 Å². The van der Waals surface area contributed by atoms with Crippen LogP contribution < -0.4 is 5.32 Å². The first-order valence-electron chi connectivity index (χ1n) is 6.10. The molecule has 0 aliphatic rings. The smallest absolute Gasteiger partial charge is 0.335 e. The number of benzene rings is 2. The Hall–Kier alpha value is -3.02. The Labute approximate surface area is 120 Å². The molecule has 6 nitrogen and oxygen atoms in total. The number of aromatic carboxylic acids is 1. The van der Waals surface area contributed by atoms with E-state index in [2.05, 4.69) is 5.32 Å². The maximum Gasteiger partial charge on any atom is 0.335 e. The van der Waals surface area contributed by atoms with Crippen LogP contribution in [-0.2, 0) is 11.2 Å². The van der Waals surface area contributed by atoms with E-state index in [9.17, 15) is 14.7 Å². The number of carboxylic acid groups (broad SMARTS) is 1. The Bertz CT molecular complexity index is 679. The molecule has 2 aromatic rings. The fourth-order valence-corrected chi connectivity index (χ4v) is 1.76. The lowest BCUT2D eigenvalue weighted by molar-refractivity contribution is -0.115. The van der Waals surface area contributed by atoms with Gasteiger partial charge in [0.2, 0.25) is 5.91 Å². The number of carbonyl (C=O) groups is 2. The molecular weight excluding hydrogens is 274 g/mol. The third-order valence-corrected chi connectivity index (χ3v) is 2.82. The van der Waals surface area contributed by atoms with E-state index in [4.69, 9.17) is 10.2 Å². The van der Waals surface area contributed by atoms with E-state index >= 15 is 0 Å². The van der Waals surface area contributed by atoms with Gasteiger partial charge in [-0.05, 0) is 35.9 Å². The predicted octanol–water partition coefficient (Wildman–Crippen LogP) is 1.98. The molecule has 0 saturated carbocycles. The number of carboxylic acids is 1. The van der Waals surface area contributed by atoms with Crippen molar-refractivity contribution >= 4 is 17.6 Å². The maximum atomic E-state index is 11.9. The number of phenolic OH excluding ortho intramolecular Hbond substituents is 2. The van der Waals surface area contributed by atoms with Crippen LogP contribution in [0, 0.1) is 0 Å². The molecule has 0 aliphatic carbocycles. The lowest BCUT2D eigenvalue weighted by Gasteiger charge is -2.08. The van der Waals surface area contributed by atoms with Crippen molar-refractivity contribution in [3.05, 3.63) is 53.6 Å². The molecule has 0 heterocycles. The highest BCUT2D eigenvalue weighted by molar-refractivity contribution is 5.96. The van der Waals surface area contributed by atoms with Crippen molar-refractivity contribution in [1.82, 2.24) is 0 Å². The minimum absolute atomic E-state index is 0.0345. The summed E-state index contributed by atoms with van der Waals surface area (Å²) in [7, 11) is 0. The first kappa shape index (κ1) is 14.4. The Morgan fingerprint density at radius 3 is 2.29 bits per heavy atom. The summed E-state index contributed by atoms with van der Waals surface area (Å²) in [6.45, 7) is 0. The number of rotatable bonds is 4. The summed E-state index contributed by atoms with van der Waals surface area (Å²) < 4.78 is 0. The number of anilines is 1. The molecular formula is C15H13NO5. The molecule has 0 bridgehead atoms. The van der Waals surface area contributed by atoms with E-state index < -0.39 is 11.9 Å². The third-order valence-electron chi connectivity index (χ3n) is 2.82. The summed E-state index contributed by atoms with van der Waals surface area (Å²) in [6, 6.07) is 9.76. The van der Waals surface area contributed by atoms with Gasteiger partial charge in [0.15, 0.2) is 0 Å². The van der Waals surface area contributed by atoms with Crippen LogP contribution in [0.3, 0.4) is 0 Å². The van der Waals surface area contributed by atoms with Gasteiger partial charge < -0.3 is 20.6 Å². The van der Waals surface area contributed by atoms with Crippen LogP contribution in [0.25, 0.3) is 0 Å². The van der Waals surface area contributed by atoms with E-state index in [-0.39, 0.29) is 29.2 Å². The summed E-state index contributed by atoms with van der Waals surface area (Å²) in [4.78, 5) is 22.7. The normalized spacial score (nSPS) is 10.1. The second kappa shape index (κ2) is 5.96. The lowest BCUT2D eigenvalue weighted by atomic mass is 10.1. The zero-order chi connectivity index (χ0) is 15.4. The van der Waals surface area contributed by atoms with Crippen LogP contribution in [0.1, 0.15) is 15.9 Å². The number of phenols is 2. The minimum Gasteiger partial charge on any atom is -0.508 e. The standard InChI is InChI=1S/C15H13NO5/c17-11-4-1-9(2-5-11)7-14(19)16-12-8-10(15(20)21)3-6-13(12)18/h1-6,8,17-18H,7H2,(H,16,19)(H,20,21). The molecule has 0 aliphatic heterocycles. The first-order chi connectivity index (χ1) is 9.95. The first-order valence-corrected chi connectivity index (χ1v) is 6.10. The number of nitrogens with one attached hydrogen (secondary N) is 1. The van der Waals surface area contributed by atoms with Crippen LogP contribution in [0.15, 0.2) is 42.5 Å². The van der Waals surface area contributed by atoms with Gasteiger partial charge in [0.25, 0.3) is 0 Å². The molecule has 2 aromatic carbocycles. The lowest BCUT2D eigenvalue weighted by Crippen LogP contribution is -2.15. The van der Waals surface area contributed by atoms with Crippen molar-refractivity contribution in [3.8, 4) is 11.5 Å². The molecule has 0 saturated heterocycles. The van der Waals surface area contributed by atoms with Gasteiger partial charge in [-0.3, -0.25) is 4.79 Å². The van der Waals surface area contributed by atoms with Crippen molar-refractivity contribution in [2.75, 3.05) is 5.32 Å². The third kappa shape index (κ3) is 3.73. The van der Waals surface area contributed by atoms with Gasteiger partial charge in [-0.15, -0.1) is 0 Å². The van der Waals surface area contributed by atoms with Crippen molar-refractivity contribution in [2.45, 2.75) is 6.42 Å². The van der Waals surface area contributed by atoms with E-state index in [0.29, 0.717) is 5.56 Å².